The highest BCUT2D eigenvalue weighted by atomic mass is 35.5. The summed E-state index contributed by atoms with van der Waals surface area (Å²) in [7, 11) is 0. The Labute approximate surface area is 192 Å². The minimum absolute atomic E-state index is 0.0920. The van der Waals surface area contributed by atoms with E-state index in [9.17, 15) is 9.90 Å². The summed E-state index contributed by atoms with van der Waals surface area (Å²) in [6.45, 7) is 0.389. The molecule has 0 saturated heterocycles. The van der Waals surface area contributed by atoms with E-state index in [4.69, 9.17) is 27.6 Å². The molecule has 10 heteroatoms. The van der Waals surface area contributed by atoms with E-state index in [-0.39, 0.29) is 17.4 Å². The lowest BCUT2D eigenvalue weighted by Crippen LogP contribution is -2.15. The molecule has 0 bridgehead atoms. The number of carbonyl (C=O) groups is 1. The first-order valence-corrected chi connectivity index (χ1v) is 10.9. The van der Waals surface area contributed by atoms with E-state index >= 15 is 0 Å². The lowest BCUT2D eigenvalue weighted by atomic mass is 10.2. The summed E-state index contributed by atoms with van der Waals surface area (Å²) in [5.41, 5.74) is 1.22. The van der Waals surface area contributed by atoms with Crippen LogP contribution < -0.4 is 5.32 Å². The van der Waals surface area contributed by atoms with Crippen LogP contribution in [0.3, 0.4) is 0 Å². The molecular weight excluding hydrogens is 459 g/mol. The number of nitrogens with zero attached hydrogens (tertiary/aromatic N) is 3. The molecule has 2 aromatic heterocycles. The molecule has 7 nitrogen and oxygen atoms in total. The average molecular weight is 475 g/mol. The Kier molecular flexibility index (Phi) is 6.50. The molecule has 0 radical (unpaired) electrons. The van der Waals surface area contributed by atoms with Crippen LogP contribution in [0.4, 0.5) is 5.69 Å². The van der Waals surface area contributed by atoms with Crippen LogP contribution in [0.25, 0.3) is 11.4 Å². The topological polar surface area (TPSA) is 93.2 Å². The summed E-state index contributed by atoms with van der Waals surface area (Å²) in [6.07, 6.45) is 1.59. The van der Waals surface area contributed by atoms with Crippen molar-refractivity contribution < 1.29 is 14.3 Å². The molecule has 4 rings (SSSR count). The number of phenols is 1. The van der Waals surface area contributed by atoms with Gasteiger partial charge in [-0.1, -0.05) is 35.0 Å². The number of furan rings is 1. The van der Waals surface area contributed by atoms with Crippen molar-refractivity contribution in [3.05, 3.63) is 76.7 Å². The normalized spacial score (nSPS) is 10.9. The van der Waals surface area contributed by atoms with Crippen LogP contribution in [0.2, 0.25) is 10.0 Å². The third-order valence-electron chi connectivity index (χ3n) is 4.27. The first-order valence-electron chi connectivity index (χ1n) is 9.12. The minimum Gasteiger partial charge on any atom is -0.508 e. The van der Waals surface area contributed by atoms with Crippen molar-refractivity contribution in [1.82, 2.24) is 14.8 Å². The van der Waals surface area contributed by atoms with E-state index < -0.39 is 0 Å². The summed E-state index contributed by atoms with van der Waals surface area (Å²) in [5, 5.41) is 22.3. The molecule has 2 aromatic carbocycles. The van der Waals surface area contributed by atoms with Gasteiger partial charge in [0.2, 0.25) is 5.91 Å². The van der Waals surface area contributed by atoms with Crippen LogP contribution in [0.1, 0.15) is 5.76 Å². The number of phenolic OH excluding ortho intramolecular Hbond substituents is 1. The van der Waals surface area contributed by atoms with Crippen LogP contribution in [0, 0.1) is 0 Å². The molecule has 0 unspecified atom stereocenters. The zero-order valence-electron chi connectivity index (χ0n) is 16.0. The van der Waals surface area contributed by atoms with Crippen molar-refractivity contribution in [2.45, 2.75) is 11.7 Å². The second kappa shape index (κ2) is 9.47. The Balaban J connectivity index is 1.54. The molecule has 4 aromatic rings. The highest BCUT2D eigenvalue weighted by molar-refractivity contribution is 7.99. The fourth-order valence-corrected chi connectivity index (χ4v) is 3.90. The number of anilines is 1. The van der Waals surface area contributed by atoms with Crippen molar-refractivity contribution in [2.75, 3.05) is 11.1 Å². The van der Waals surface area contributed by atoms with Crippen molar-refractivity contribution in [1.29, 1.82) is 0 Å². The zero-order chi connectivity index (χ0) is 21.8. The summed E-state index contributed by atoms with van der Waals surface area (Å²) >= 11 is 13.3. The van der Waals surface area contributed by atoms with E-state index in [1.165, 1.54) is 11.8 Å². The van der Waals surface area contributed by atoms with Crippen molar-refractivity contribution >= 4 is 46.6 Å². The largest absolute Gasteiger partial charge is 0.508 e. The number of aromatic hydroxyl groups is 1. The Morgan fingerprint density at radius 1 is 1.13 bits per heavy atom. The molecule has 0 aliphatic rings. The number of hydrogen-bond donors (Lipinski definition) is 2. The van der Waals surface area contributed by atoms with E-state index in [1.807, 2.05) is 10.6 Å². The van der Waals surface area contributed by atoms with Crippen LogP contribution in [-0.4, -0.2) is 31.5 Å². The fraction of sp³-hybridized carbons (Fsp3) is 0.0952. The lowest BCUT2D eigenvalue weighted by molar-refractivity contribution is -0.113. The summed E-state index contributed by atoms with van der Waals surface area (Å²) in [5.74, 6) is 1.31. The summed E-state index contributed by atoms with van der Waals surface area (Å²) in [6, 6.07) is 15.2. The number of nitrogens with one attached hydrogen (secondary N) is 1. The second-order valence-corrected chi connectivity index (χ2v) is 8.27. The maximum absolute atomic E-state index is 12.5. The van der Waals surface area contributed by atoms with E-state index in [0.29, 0.717) is 33.3 Å². The lowest BCUT2D eigenvalue weighted by Gasteiger charge is -2.10. The number of aromatic nitrogens is 3. The first-order chi connectivity index (χ1) is 15.0. The van der Waals surface area contributed by atoms with Crippen LogP contribution in [0.5, 0.6) is 5.75 Å². The van der Waals surface area contributed by atoms with Gasteiger partial charge in [0.1, 0.15) is 11.5 Å². The molecule has 0 atom stereocenters. The van der Waals surface area contributed by atoms with Crippen molar-refractivity contribution in [3.8, 4) is 17.1 Å². The van der Waals surface area contributed by atoms with E-state index in [2.05, 4.69) is 15.5 Å². The van der Waals surface area contributed by atoms with Crippen LogP contribution in [-0.2, 0) is 11.3 Å². The third-order valence-corrected chi connectivity index (χ3v) is 5.80. The molecule has 31 heavy (non-hydrogen) atoms. The molecule has 2 heterocycles. The smallest absolute Gasteiger partial charge is 0.234 e. The van der Waals surface area contributed by atoms with E-state index in [1.54, 1.807) is 54.8 Å². The van der Waals surface area contributed by atoms with Gasteiger partial charge in [-0.25, -0.2) is 0 Å². The van der Waals surface area contributed by atoms with Gasteiger partial charge >= 0.3 is 0 Å². The second-order valence-electron chi connectivity index (χ2n) is 6.48. The van der Waals surface area contributed by atoms with Gasteiger partial charge in [0.05, 0.1) is 29.3 Å². The molecule has 0 aliphatic carbocycles. The monoisotopic (exact) mass is 474 g/mol. The number of halogens is 2. The number of thioether (sulfide) groups is 1. The Morgan fingerprint density at radius 2 is 1.94 bits per heavy atom. The number of amides is 1. The predicted molar refractivity (Wildman–Crippen MR) is 121 cm³/mol. The summed E-state index contributed by atoms with van der Waals surface area (Å²) < 4.78 is 7.33. The molecular formula is C21H16Cl2N4O3S. The Morgan fingerprint density at radius 3 is 2.68 bits per heavy atom. The van der Waals surface area contributed by atoms with Gasteiger partial charge in [-0.3, -0.25) is 9.36 Å². The SMILES string of the molecule is O=C(CSc1nnc(-c2ccc(O)cc2)n1Cc1ccco1)Nc1cc(Cl)ccc1Cl. The van der Waals surface area contributed by atoms with Gasteiger partial charge < -0.3 is 14.8 Å². The van der Waals surface area contributed by atoms with Gasteiger partial charge in [0.15, 0.2) is 11.0 Å². The highest BCUT2D eigenvalue weighted by Gasteiger charge is 2.17. The van der Waals surface area contributed by atoms with Gasteiger partial charge in [0.25, 0.3) is 0 Å². The van der Waals surface area contributed by atoms with Gasteiger partial charge in [-0.15, -0.1) is 10.2 Å². The highest BCUT2D eigenvalue weighted by Crippen LogP contribution is 2.28. The maximum atomic E-state index is 12.5. The maximum Gasteiger partial charge on any atom is 0.234 e. The van der Waals surface area contributed by atoms with Gasteiger partial charge in [0, 0.05) is 10.6 Å². The van der Waals surface area contributed by atoms with Gasteiger partial charge in [-0.05, 0) is 54.6 Å². The predicted octanol–water partition coefficient (Wildman–Crippen LogP) is 5.33. The van der Waals surface area contributed by atoms with Crippen LogP contribution in [0.15, 0.2) is 70.4 Å². The van der Waals surface area contributed by atoms with Crippen molar-refractivity contribution in [3.63, 3.8) is 0 Å². The molecule has 0 saturated carbocycles. The van der Waals surface area contributed by atoms with E-state index in [0.717, 1.165) is 11.3 Å². The van der Waals surface area contributed by atoms with Crippen molar-refractivity contribution in [2.24, 2.45) is 0 Å². The van der Waals surface area contributed by atoms with Crippen LogP contribution >= 0.6 is 35.0 Å². The number of carbonyl (C=O) groups excluding carboxylic acids is 1. The summed E-state index contributed by atoms with van der Waals surface area (Å²) in [4.78, 5) is 12.5. The molecule has 0 fully saturated rings. The Hall–Kier alpha value is -2.94. The zero-order valence-corrected chi connectivity index (χ0v) is 18.3. The quantitative estimate of drug-likeness (QED) is 0.351. The standard InChI is InChI=1S/C21H16Cl2N4O3S/c22-14-5-8-17(23)18(10-14)24-19(29)12-31-21-26-25-20(13-3-6-15(28)7-4-13)27(21)11-16-2-1-9-30-16/h1-10,28H,11-12H2,(H,24,29). The molecule has 2 N–H and O–H groups in total. The molecule has 0 spiro atoms. The Bertz CT molecular complexity index is 1190. The molecule has 158 valence electrons. The number of benzene rings is 2. The minimum atomic E-state index is -0.257. The first kappa shape index (κ1) is 21.3. The molecule has 1 amide bonds. The molecule has 0 aliphatic heterocycles. The third kappa shape index (κ3) is 5.22. The number of hydrogen-bond acceptors (Lipinski definition) is 6. The van der Waals surface area contributed by atoms with Gasteiger partial charge in [-0.2, -0.15) is 0 Å². The number of rotatable bonds is 7. The average Bonchev–Trinajstić information content (AvgIpc) is 3.40. The fourth-order valence-electron chi connectivity index (χ4n) is 2.83.